The van der Waals surface area contributed by atoms with Crippen LogP contribution in [0.15, 0.2) is 18.2 Å². The summed E-state index contributed by atoms with van der Waals surface area (Å²) in [7, 11) is 1.44. The van der Waals surface area contributed by atoms with E-state index in [1.165, 1.54) is 19.6 Å². The lowest BCUT2D eigenvalue weighted by atomic mass is 10.0. The Morgan fingerprint density at radius 2 is 2.05 bits per heavy atom. The van der Waals surface area contributed by atoms with Crippen LogP contribution in [0.25, 0.3) is 0 Å². The molecular weight excluding hydrogens is 257 g/mol. The lowest BCUT2D eigenvalue weighted by Crippen LogP contribution is -2.32. The van der Waals surface area contributed by atoms with Gasteiger partial charge in [0.1, 0.15) is 0 Å². The van der Waals surface area contributed by atoms with Gasteiger partial charge in [-0.15, -0.1) is 0 Å². The van der Waals surface area contributed by atoms with E-state index >= 15 is 0 Å². The van der Waals surface area contributed by atoms with Crippen molar-refractivity contribution in [2.75, 3.05) is 7.11 Å². The maximum absolute atomic E-state index is 13.7. The van der Waals surface area contributed by atoms with Gasteiger partial charge in [-0.3, -0.25) is 4.79 Å². The molecule has 0 bridgehead atoms. The van der Waals surface area contributed by atoms with E-state index in [1.807, 2.05) is 6.92 Å². The van der Waals surface area contributed by atoms with Crippen molar-refractivity contribution in [1.82, 2.24) is 5.32 Å². The molecule has 1 N–H and O–H groups in total. The van der Waals surface area contributed by atoms with E-state index < -0.39 is 5.82 Å². The number of hydrogen-bond donors (Lipinski definition) is 1. The predicted octanol–water partition coefficient (Wildman–Crippen LogP) is 3.06. The zero-order chi connectivity index (χ0) is 14.3. The first kappa shape index (κ1) is 13.4. The molecule has 0 aliphatic heterocycles. The molecule has 2 saturated carbocycles. The fourth-order valence-corrected chi connectivity index (χ4v) is 3.30. The van der Waals surface area contributed by atoms with Crippen LogP contribution in [0.3, 0.4) is 0 Å². The predicted molar refractivity (Wildman–Crippen MR) is 73.8 cm³/mol. The maximum Gasteiger partial charge on any atom is 0.223 e. The van der Waals surface area contributed by atoms with Gasteiger partial charge in [0.15, 0.2) is 11.6 Å². The molecule has 1 amide bonds. The van der Waals surface area contributed by atoms with Gasteiger partial charge in [-0.05, 0) is 55.7 Å². The lowest BCUT2D eigenvalue weighted by molar-refractivity contribution is -0.125. The third-order valence-corrected chi connectivity index (χ3v) is 4.65. The van der Waals surface area contributed by atoms with Crippen LogP contribution in [0.5, 0.6) is 5.75 Å². The summed E-state index contributed by atoms with van der Waals surface area (Å²) in [6, 6.07) is 4.63. The van der Waals surface area contributed by atoms with Gasteiger partial charge in [-0.2, -0.15) is 0 Å². The van der Waals surface area contributed by atoms with E-state index in [2.05, 4.69) is 5.32 Å². The van der Waals surface area contributed by atoms with E-state index in [9.17, 15) is 9.18 Å². The Morgan fingerprint density at radius 3 is 2.65 bits per heavy atom. The molecule has 2 aliphatic rings. The first-order valence-electron chi connectivity index (χ1n) is 7.22. The zero-order valence-corrected chi connectivity index (χ0v) is 11.9. The van der Waals surface area contributed by atoms with Crippen molar-refractivity contribution in [2.45, 2.75) is 32.2 Å². The van der Waals surface area contributed by atoms with E-state index in [0.717, 1.165) is 30.2 Å². The molecule has 0 aromatic heterocycles. The second-order valence-corrected chi connectivity index (χ2v) is 6.05. The number of ether oxygens (including phenoxy) is 1. The summed E-state index contributed by atoms with van der Waals surface area (Å²) >= 11 is 0. The minimum absolute atomic E-state index is 0.112. The fraction of sp³-hybridized carbons (Fsp3) is 0.562. The zero-order valence-electron chi connectivity index (χ0n) is 11.9. The number of carbonyl (C=O) groups excluding carboxylic acids is 1. The number of rotatable bonds is 4. The van der Waals surface area contributed by atoms with Gasteiger partial charge in [0.05, 0.1) is 13.2 Å². The minimum Gasteiger partial charge on any atom is -0.494 e. The first-order valence-corrected chi connectivity index (χ1v) is 7.22. The van der Waals surface area contributed by atoms with Gasteiger partial charge in [0, 0.05) is 5.92 Å². The first-order chi connectivity index (χ1) is 9.58. The molecule has 3 atom stereocenters. The summed E-state index contributed by atoms with van der Waals surface area (Å²) in [5, 5.41) is 3.00. The molecule has 1 aromatic rings. The van der Waals surface area contributed by atoms with Gasteiger partial charge >= 0.3 is 0 Å². The summed E-state index contributed by atoms with van der Waals surface area (Å²) in [6.07, 6.45) is 3.36. The Balaban J connectivity index is 1.62. The van der Waals surface area contributed by atoms with Gasteiger partial charge < -0.3 is 10.1 Å². The van der Waals surface area contributed by atoms with Crippen molar-refractivity contribution in [1.29, 1.82) is 0 Å². The SMILES string of the molecule is COc1ccc(C(C)NC(=O)C2CC3CC3C2)cc1F. The van der Waals surface area contributed by atoms with Crippen molar-refractivity contribution in [3.05, 3.63) is 29.6 Å². The van der Waals surface area contributed by atoms with Crippen molar-refractivity contribution < 1.29 is 13.9 Å². The van der Waals surface area contributed by atoms with E-state index in [0.29, 0.717) is 0 Å². The molecule has 0 heterocycles. The number of amides is 1. The fourth-order valence-electron chi connectivity index (χ4n) is 3.30. The van der Waals surface area contributed by atoms with Crippen molar-refractivity contribution in [3.63, 3.8) is 0 Å². The molecular formula is C16H20FNO2. The largest absolute Gasteiger partial charge is 0.494 e. The molecule has 20 heavy (non-hydrogen) atoms. The molecule has 0 spiro atoms. The van der Waals surface area contributed by atoms with Crippen LogP contribution in [0.4, 0.5) is 4.39 Å². The van der Waals surface area contributed by atoms with Crippen LogP contribution >= 0.6 is 0 Å². The van der Waals surface area contributed by atoms with Gasteiger partial charge in [0.25, 0.3) is 0 Å². The van der Waals surface area contributed by atoms with E-state index in [4.69, 9.17) is 4.74 Å². The molecule has 3 unspecified atom stereocenters. The Bertz CT molecular complexity index is 521. The highest BCUT2D eigenvalue weighted by atomic mass is 19.1. The molecule has 3 nitrogen and oxygen atoms in total. The number of carbonyl (C=O) groups is 1. The summed E-state index contributed by atoms with van der Waals surface area (Å²) in [5.41, 5.74) is 0.764. The smallest absolute Gasteiger partial charge is 0.223 e. The summed E-state index contributed by atoms with van der Waals surface area (Å²) in [5.74, 6) is 1.68. The van der Waals surface area contributed by atoms with Gasteiger partial charge in [-0.1, -0.05) is 6.07 Å². The third kappa shape index (κ3) is 2.51. The van der Waals surface area contributed by atoms with Crippen molar-refractivity contribution in [2.24, 2.45) is 17.8 Å². The highest BCUT2D eigenvalue weighted by molar-refractivity contribution is 5.79. The number of nitrogens with one attached hydrogen (secondary N) is 1. The molecule has 0 radical (unpaired) electrons. The molecule has 1 aromatic carbocycles. The van der Waals surface area contributed by atoms with E-state index in [1.54, 1.807) is 12.1 Å². The van der Waals surface area contributed by atoms with E-state index in [-0.39, 0.29) is 23.6 Å². The molecule has 2 fully saturated rings. The highest BCUT2D eigenvalue weighted by Crippen LogP contribution is 2.54. The number of hydrogen-bond acceptors (Lipinski definition) is 2. The number of benzene rings is 1. The Hall–Kier alpha value is -1.58. The second kappa shape index (κ2) is 5.08. The Kier molecular flexibility index (Phi) is 3.40. The van der Waals surface area contributed by atoms with Crippen molar-refractivity contribution >= 4 is 5.91 Å². The highest BCUT2D eigenvalue weighted by Gasteiger charge is 2.48. The normalized spacial score (nSPS) is 28.6. The maximum atomic E-state index is 13.7. The van der Waals surface area contributed by atoms with Crippen molar-refractivity contribution in [3.8, 4) is 5.75 Å². The van der Waals surface area contributed by atoms with Gasteiger partial charge in [-0.25, -0.2) is 4.39 Å². The molecule has 0 saturated heterocycles. The van der Waals surface area contributed by atoms with Crippen LogP contribution in [0.1, 0.15) is 37.8 Å². The average molecular weight is 277 g/mol. The Morgan fingerprint density at radius 1 is 1.35 bits per heavy atom. The molecule has 3 rings (SSSR count). The summed E-state index contributed by atoms with van der Waals surface area (Å²) in [4.78, 5) is 12.2. The molecule has 2 aliphatic carbocycles. The quantitative estimate of drug-likeness (QED) is 0.918. The lowest BCUT2D eigenvalue weighted by Gasteiger charge is -2.18. The number of methoxy groups -OCH3 is 1. The number of halogens is 1. The Labute approximate surface area is 118 Å². The molecule has 108 valence electrons. The average Bonchev–Trinajstić information content (AvgIpc) is 3.04. The van der Waals surface area contributed by atoms with Crippen LogP contribution in [0, 0.1) is 23.6 Å². The van der Waals surface area contributed by atoms with Crippen LogP contribution in [-0.2, 0) is 4.79 Å². The second-order valence-electron chi connectivity index (χ2n) is 6.05. The summed E-state index contributed by atoms with van der Waals surface area (Å²) in [6.45, 7) is 1.88. The molecule has 4 heteroatoms. The summed E-state index contributed by atoms with van der Waals surface area (Å²) < 4.78 is 18.6. The monoisotopic (exact) mass is 277 g/mol. The van der Waals surface area contributed by atoms with Crippen LogP contribution in [-0.4, -0.2) is 13.0 Å². The topological polar surface area (TPSA) is 38.3 Å². The standard InChI is InChI=1S/C16H20FNO2/c1-9(10-3-4-15(20-2)14(17)8-10)18-16(19)13-6-11-5-12(11)7-13/h3-4,8-9,11-13H,5-7H2,1-2H3,(H,18,19). The van der Waals surface area contributed by atoms with Crippen LogP contribution < -0.4 is 10.1 Å². The minimum atomic E-state index is -0.395. The van der Waals surface area contributed by atoms with Crippen LogP contribution in [0.2, 0.25) is 0 Å². The third-order valence-electron chi connectivity index (χ3n) is 4.65. The van der Waals surface area contributed by atoms with Gasteiger partial charge in [0.2, 0.25) is 5.91 Å². The number of fused-ring (bicyclic) bond motifs is 1.